The highest BCUT2D eigenvalue weighted by atomic mass is 35.5. The lowest BCUT2D eigenvalue weighted by Crippen LogP contribution is -2.45. The number of hydrogen-bond donors (Lipinski definition) is 2. The molecule has 0 radical (unpaired) electrons. The Morgan fingerprint density at radius 3 is 2.64 bits per heavy atom. The van der Waals surface area contributed by atoms with Crippen LogP contribution in [0.3, 0.4) is 0 Å². The van der Waals surface area contributed by atoms with Gasteiger partial charge in [0.15, 0.2) is 0 Å². The van der Waals surface area contributed by atoms with Crippen LogP contribution in [0.1, 0.15) is 27.2 Å². The smallest absolute Gasteiger partial charge is 0.411 e. The molecule has 1 aliphatic rings. The van der Waals surface area contributed by atoms with Crippen molar-refractivity contribution >= 4 is 29.3 Å². The number of rotatable bonds is 3. The number of likely N-dealkylation sites (tertiary alicyclic amines) is 1. The molecule has 1 fully saturated rings. The summed E-state index contributed by atoms with van der Waals surface area (Å²) < 4.78 is 10.5. The molecule has 8 heteroatoms. The third-order valence-electron chi connectivity index (χ3n) is 3.63. The highest BCUT2D eigenvalue weighted by Crippen LogP contribution is 2.29. The molecule has 1 aromatic rings. The number of halogens is 1. The van der Waals surface area contributed by atoms with Gasteiger partial charge in [0, 0.05) is 11.4 Å². The van der Waals surface area contributed by atoms with Gasteiger partial charge in [-0.1, -0.05) is 11.6 Å². The maximum atomic E-state index is 12.6. The van der Waals surface area contributed by atoms with E-state index in [0.29, 0.717) is 16.5 Å². The molecule has 0 spiro atoms. The molecular weight excluding hydrogens is 348 g/mol. The first-order valence-electron chi connectivity index (χ1n) is 7.93. The van der Waals surface area contributed by atoms with Crippen molar-refractivity contribution in [2.24, 2.45) is 0 Å². The number of benzene rings is 1. The second kappa shape index (κ2) is 7.49. The number of anilines is 1. The number of nitrogens with zero attached hydrogens (tertiary/aromatic N) is 1. The summed E-state index contributed by atoms with van der Waals surface area (Å²) in [6, 6.07) is 3.99. The van der Waals surface area contributed by atoms with E-state index in [1.54, 1.807) is 39.0 Å². The minimum atomic E-state index is -0.839. The van der Waals surface area contributed by atoms with Crippen molar-refractivity contribution < 1.29 is 24.2 Å². The Kier molecular flexibility index (Phi) is 5.80. The lowest BCUT2D eigenvalue weighted by Gasteiger charge is -2.28. The zero-order valence-electron chi connectivity index (χ0n) is 14.7. The minimum Gasteiger partial charge on any atom is -0.495 e. The maximum absolute atomic E-state index is 12.6. The molecule has 1 saturated heterocycles. The van der Waals surface area contributed by atoms with Gasteiger partial charge in [0.1, 0.15) is 17.4 Å². The van der Waals surface area contributed by atoms with E-state index in [1.165, 1.54) is 12.0 Å². The first kappa shape index (κ1) is 19.3. The second-order valence-corrected chi connectivity index (χ2v) is 7.31. The zero-order valence-corrected chi connectivity index (χ0v) is 15.5. The summed E-state index contributed by atoms with van der Waals surface area (Å²) in [7, 11) is 1.48. The first-order chi connectivity index (χ1) is 11.6. The predicted octanol–water partition coefficient (Wildman–Crippen LogP) is 2.66. The van der Waals surface area contributed by atoms with E-state index in [1.807, 2.05) is 0 Å². The lowest BCUT2D eigenvalue weighted by molar-refractivity contribution is -0.120. The van der Waals surface area contributed by atoms with Crippen LogP contribution in [0, 0.1) is 0 Å². The SMILES string of the molecule is COc1ccc(Cl)cc1NC(=O)[C@@H]1C[C@H](O)CN1C(=O)OC(C)(C)C. The van der Waals surface area contributed by atoms with Gasteiger partial charge in [-0.25, -0.2) is 4.79 Å². The Balaban J connectivity index is 2.16. The average molecular weight is 371 g/mol. The van der Waals surface area contributed by atoms with Crippen LogP contribution in [0.2, 0.25) is 5.02 Å². The summed E-state index contributed by atoms with van der Waals surface area (Å²) in [5.74, 6) is 0.00286. The minimum absolute atomic E-state index is 0.0413. The molecule has 2 atom stereocenters. The van der Waals surface area contributed by atoms with Gasteiger partial charge in [-0.2, -0.15) is 0 Å². The van der Waals surface area contributed by atoms with Crippen LogP contribution in [0.15, 0.2) is 18.2 Å². The molecule has 0 unspecified atom stereocenters. The fraction of sp³-hybridized carbons (Fsp3) is 0.529. The van der Waals surface area contributed by atoms with E-state index >= 15 is 0 Å². The summed E-state index contributed by atoms with van der Waals surface area (Å²) in [5, 5.41) is 13.0. The number of carbonyl (C=O) groups is 2. The molecule has 2 rings (SSSR count). The van der Waals surface area contributed by atoms with Crippen molar-refractivity contribution in [1.29, 1.82) is 0 Å². The van der Waals surface area contributed by atoms with Crippen LogP contribution in [-0.2, 0) is 9.53 Å². The number of carbonyl (C=O) groups excluding carboxylic acids is 2. The quantitative estimate of drug-likeness (QED) is 0.854. The third kappa shape index (κ3) is 4.99. The van der Waals surface area contributed by atoms with Gasteiger partial charge in [0.05, 0.1) is 25.4 Å². The van der Waals surface area contributed by atoms with Crippen LogP contribution in [0.25, 0.3) is 0 Å². The van der Waals surface area contributed by atoms with Gasteiger partial charge in [-0.05, 0) is 39.0 Å². The zero-order chi connectivity index (χ0) is 18.8. The monoisotopic (exact) mass is 370 g/mol. The predicted molar refractivity (Wildman–Crippen MR) is 94.0 cm³/mol. The number of hydrogen-bond acceptors (Lipinski definition) is 5. The van der Waals surface area contributed by atoms with Crippen molar-refractivity contribution in [3.05, 3.63) is 23.2 Å². The Labute approximate surface area is 151 Å². The largest absolute Gasteiger partial charge is 0.495 e. The molecule has 2 amide bonds. The number of aliphatic hydroxyl groups excluding tert-OH is 1. The second-order valence-electron chi connectivity index (χ2n) is 6.87. The summed E-state index contributed by atoms with van der Waals surface area (Å²) in [5.41, 5.74) is -0.299. The van der Waals surface area contributed by atoms with E-state index in [-0.39, 0.29) is 13.0 Å². The maximum Gasteiger partial charge on any atom is 0.411 e. The summed E-state index contributed by atoms with van der Waals surface area (Å²) in [6.07, 6.45) is -1.29. The number of nitrogens with one attached hydrogen (secondary N) is 1. The first-order valence-corrected chi connectivity index (χ1v) is 8.30. The number of aliphatic hydroxyl groups is 1. The lowest BCUT2D eigenvalue weighted by atomic mass is 10.1. The molecule has 0 saturated carbocycles. The molecule has 0 aromatic heterocycles. The van der Waals surface area contributed by atoms with Crippen LogP contribution in [0.5, 0.6) is 5.75 Å². The van der Waals surface area contributed by atoms with Gasteiger partial charge in [-0.3, -0.25) is 9.69 Å². The van der Waals surface area contributed by atoms with E-state index in [4.69, 9.17) is 21.1 Å². The fourth-order valence-electron chi connectivity index (χ4n) is 2.58. The molecule has 1 aromatic carbocycles. The van der Waals surface area contributed by atoms with E-state index in [9.17, 15) is 14.7 Å². The molecule has 2 N–H and O–H groups in total. The van der Waals surface area contributed by atoms with E-state index < -0.39 is 29.7 Å². The summed E-state index contributed by atoms with van der Waals surface area (Å²) >= 11 is 5.96. The normalized spacial score (nSPS) is 20.3. The Morgan fingerprint density at radius 2 is 2.04 bits per heavy atom. The Hall–Kier alpha value is -1.99. The van der Waals surface area contributed by atoms with Crippen LogP contribution >= 0.6 is 11.6 Å². The van der Waals surface area contributed by atoms with Crippen molar-refractivity contribution in [1.82, 2.24) is 4.90 Å². The Bertz CT molecular complexity index is 659. The van der Waals surface area contributed by atoms with Gasteiger partial charge in [0.2, 0.25) is 5.91 Å². The highest BCUT2D eigenvalue weighted by Gasteiger charge is 2.41. The van der Waals surface area contributed by atoms with Crippen molar-refractivity contribution in [3.63, 3.8) is 0 Å². The van der Waals surface area contributed by atoms with Crippen molar-refractivity contribution in [3.8, 4) is 5.75 Å². The fourth-order valence-corrected chi connectivity index (χ4v) is 2.75. The molecular formula is C17H23ClN2O5. The van der Waals surface area contributed by atoms with Crippen molar-refractivity contribution in [2.75, 3.05) is 19.0 Å². The summed E-state index contributed by atoms with van der Waals surface area (Å²) in [6.45, 7) is 5.26. The molecule has 1 aliphatic heterocycles. The van der Waals surface area contributed by atoms with Gasteiger partial charge < -0.3 is 19.9 Å². The van der Waals surface area contributed by atoms with Crippen molar-refractivity contribution in [2.45, 2.75) is 44.9 Å². The molecule has 7 nitrogen and oxygen atoms in total. The molecule has 0 aliphatic carbocycles. The molecule has 0 bridgehead atoms. The molecule has 138 valence electrons. The van der Waals surface area contributed by atoms with Crippen LogP contribution in [0.4, 0.5) is 10.5 Å². The van der Waals surface area contributed by atoms with Gasteiger partial charge in [0.25, 0.3) is 0 Å². The topological polar surface area (TPSA) is 88.1 Å². The van der Waals surface area contributed by atoms with Gasteiger partial charge in [-0.15, -0.1) is 0 Å². The number of β-amino-alcohol motifs (C(OH)–C–C–N with tert-alkyl or cyclic N) is 1. The summed E-state index contributed by atoms with van der Waals surface area (Å²) in [4.78, 5) is 26.2. The highest BCUT2D eigenvalue weighted by molar-refractivity contribution is 6.31. The number of ether oxygens (including phenoxy) is 2. The molecule has 25 heavy (non-hydrogen) atoms. The standard InChI is InChI=1S/C17H23ClN2O5/c1-17(2,3)25-16(23)20-9-11(21)8-13(20)15(22)19-12-7-10(18)5-6-14(12)24-4/h5-7,11,13,21H,8-9H2,1-4H3,(H,19,22)/t11-,13-/m0/s1. The molecule has 1 heterocycles. The van der Waals surface area contributed by atoms with Crippen LogP contribution in [-0.4, -0.2) is 53.4 Å². The number of amides is 2. The van der Waals surface area contributed by atoms with Gasteiger partial charge >= 0.3 is 6.09 Å². The Morgan fingerprint density at radius 1 is 1.36 bits per heavy atom. The third-order valence-corrected chi connectivity index (χ3v) is 3.86. The van der Waals surface area contributed by atoms with E-state index in [0.717, 1.165) is 0 Å². The van der Waals surface area contributed by atoms with Crippen LogP contribution < -0.4 is 10.1 Å². The number of methoxy groups -OCH3 is 1. The average Bonchev–Trinajstić information content (AvgIpc) is 2.88. The van der Waals surface area contributed by atoms with E-state index in [2.05, 4.69) is 5.32 Å².